The number of carbonyl (C=O) groups is 2. The first-order chi connectivity index (χ1) is 14.3. The van der Waals surface area contributed by atoms with Crippen molar-refractivity contribution in [3.05, 3.63) is 90.2 Å². The Kier molecular flexibility index (Phi) is 6.27. The van der Waals surface area contributed by atoms with Crippen LogP contribution < -0.4 is 9.62 Å². The predicted molar refractivity (Wildman–Crippen MR) is 112 cm³/mol. The Morgan fingerprint density at radius 3 is 2.27 bits per heavy atom. The third kappa shape index (κ3) is 4.72. The summed E-state index contributed by atoms with van der Waals surface area (Å²) in [5.74, 6) is -1.63. The normalized spacial score (nSPS) is 11.0. The number of nitrogens with one attached hydrogen (secondary N) is 1. The number of sulfonamides is 1. The topological polar surface area (TPSA) is 83.6 Å². The van der Waals surface area contributed by atoms with Gasteiger partial charge in [-0.2, -0.15) is 0 Å². The summed E-state index contributed by atoms with van der Waals surface area (Å²) in [6.45, 7) is 0.746. The molecule has 0 saturated carbocycles. The SMILES string of the molecule is CC(=O)c1cccc(NC(=O)CN(c2ccccc2F)S(=O)(=O)c2ccccc2)c1. The monoisotopic (exact) mass is 426 g/mol. The quantitative estimate of drug-likeness (QED) is 0.582. The van der Waals surface area contributed by atoms with Gasteiger partial charge < -0.3 is 5.32 Å². The molecule has 30 heavy (non-hydrogen) atoms. The molecule has 0 aromatic heterocycles. The molecule has 0 unspecified atom stereocenters. The van der Waals surface area contributed by atoms with Crippen LogP contribution in [-0.2, 0) is 14.8 Å². The van der Waals surface area contributed by atoms with Crippen molar-refractivity contribution in [2.75, 3.05) is 16.2 Å². The highest BCUT2D eigenvalue weighted by Crippen LogP contribution is 2.26. The summed E-state index contributed by atoms with van der Waals surface area (Å²) in [6, 6.07) is 19.1. The molecule has 0 atom stereocenters. The number of Topliss-reactive ketones (excluding diaryl/α,β-unsaturated/α-hetero) is 1. The molecule has 0 bridgehead atoms. The van der Waals surface area contributed by atoms with E-state index >= 15 is 0 Å². The lowest BCUT2D eigenvalue weighted by molar-refractivity contribution is -0.114. The molecular weight excluding hydrogens is 407 g/mol. The first kappa shape index (κ1) is 21.2. The molecule has 0 aliphatic carbocycles. The number of carbonyl (C=O) groups excluding carboxylic acids is 2. The minimum absolute atomic E-state index is 0.0698. The lowest BCUT2D eigenvalue weighted by Crippen LogP contribution is -2.38. The number of rotatable bonds is 7. The lowest BCUT2D eigenvalue weighted by Gasteiger charge is -2.24. The molecule has 1 amide bonds. The molecule has 1 N–H and O–H groups in total. The van der Waals surface area contributed by atoms with E-state index in [1.807, 2.05) is 0 Å². The van der Waals surface area contributed by atoms with E-state index in [1.165, 1.54) is 43.3 Å². The van der Waals surface area contributed by atoms with Crippen LogP contribution in [0.25, 0.3) is 0 Å². The first-order valence-corrected chi connectivity index (χ1v) is 10.5. The minimum atomic E-state index is -4.21. The van der Waals surface area contributed by atoms with Crippen LogP contribution >= 0.6 is 0 Å². The van der Waals surface area contributed by atoms with Gasteiger partial charge in [-0.05, 0) is 43.3 Å². The van der Waals surface area contributed by atoms with Crippen LogP contribution in [-0.4, -0.2) is 26.7 Å². The van der Waals surface area contributed by atoms with E-state index in [9.17, 15) is 22.4 Å². The smallest absolute Gasteiger partial charge is 0.264 e. The molecule has 3 aromatic rings. The van der Waals surface area contributed by atoms with Crippen molar-refractivity contribution >= 4 is 33.1 Å². The number of para-hydroxylation sites is 1. The second-order valence-electron chi connectivity index (χ2n) is 6.46. The molecule has 0 aliphatic rings. The summed E-state index contributed by atoms with van der Waals surface area (Å²) in [5.41, 5.74) is 0.489. The summed E-state index contributed by atoms with van der Waals surface area (Å²) < 4.78 is 41.5. The van der Waals surface area contributed by atoms with Crippen LogP contribution in [0.4, 0.5) is 15.8 Å². The van der Waals surface area contributed by atoms with Crippen molar-refractivity contribution in [3.63, 3.8) is 0 Å². The Morgan fingerprint density at radius 2 is 1.60 bits per heavy atom. The van der Waals surface area contributed by atoms with Gasteiger partial charge in [0.25, 0.3) is 10.0 Å². The summed E-state index contributed by atoms with van der Waals surface area (Å²) in [6.07, 6.45) is 0. The molecule has 0 aliphatic heterocycles. The van der Waals surface area contributed by atoms with E-state index in [0.717, 1.165) is 10.4 Å². The first-order valence-electron chi connectivity index (χ1n) is 9.02. The maximum absolute atomic E-state index is 14.4. The van der Waals surface area contributed by atoms with Gasteiger partial charge in [-0.15, -0.1) is 0 Å². The van der Waals surface area contributed by atoms with Crippen molar-refractivity contribution in [2.24, 2.45) is 0 Å². The van der Waals surface area contributed by atoms with E-state index in [0.29, 0.717) is 11.3 Å². The Morgan fingerprint density at radius 1 is 0.933 bits per heavy atom. The molecule has 0 saturated heterocycles. The highest BCUT2D eigenvalue weighted by molar-refractivity contribution is 7.92. The third-order valence-corrected chi connectivity index (χ3v) is 6.07. The fraction of sp³-hybridized carbons (Fsp3) is 0.0909. The van der Waals surface area contributed by atoms with E-state index in [4.69, 9.17) is 0 Å². The van der Waals surface area contributed by atoms with Gasteiger partial charge >= 0.3 is 0 Å². The molecule has 3 aromatic carbocycles. The molecule has 154 valence electrons. The van der Waals surface area contributed by atoms with Crippen molar-refractivity contribution in [1.29, 1.82) is 0 Å². The Hall–Kier alpha value is -3.52. The summed E-state index contributed by atoms with van der Waals surface area (Å²) in [7, 11) is -4.21. The zero-order valence-corrected chi connectivity index (χ0v) is 16.9. The lowest BCUT2D eigenvalue weighted by atomic mass is 10.1. The highest BCUT2D eigenvalue weighted by atomic mass is 32.2. The standard InChI is InChI=1S/C22H19FN2O4S/c1-16(26)17-8-7-9-18(14-17)24-22(27)15-25(21-13-6-5-12-20(21)23)30(28,29)19-10-3-2-4-11-19/h2-14H,15H2,1H3,(H,24,27). The maximum Gasteiger partial charge on any atom is 0.264 e. The molecule has 0 heterocycles. The van der Waals surface area contributed by atoms with E-state index in [1.54, 1.807) is 36.4 Å². The number of amides is 1. The molecule has 6 nitrogen and oxygen atoms in total. The predicted octanol–water partition coefficient (Wildman–Crippen LogP) is 3.86. The summed E-state index contributed by atoms with van der Waals surface area (Å²) in [5, 5.41) is 2.56. The van der Waals surface area contributed by atoms with Crippen molar-refractivity contribution < 1.29 is 22.4 Å². The van der Waals surface area contributed by atoms with Crippen LogP contribution in [0, 0.1) is 5.82 Å². The van der Waals surface area contributed by atoms with Crippen molar-refractivity contribution in [2.45, 2.75) is 11.8 Å². The average molecular weight is 426 g/mol. The zero-order valence-electron chi connectivity index (χ0n) is 16.1. The molecule has 0 spiro atoms. The van der Waals surface area contributed by atoms with Gasteiger partial charge in [0, 0.05) is 11.3 Å². The molecule has 3 rings (SSSR count). The minimum Gasteiger partial charge on any atom is -0.324 e. The average Bonchev–Trinajstić information content (AvgIpc) is 2.73. The third-order valence-electron chi connectivity index (χ3n) is 4.29. The Bertz CT molecular complexity index is 1180. The largest absolute Gasteiger partial charge is 0.324 e. The Labute approximate surface area is 174 Å². The highest BCUT2D eigenvalue weighted by Gasteiger charge is 2.29. The number of ketones is 1. The fourth-order valence-electron chi connectivity index (χ4n) is 2.82. The van der Waals surface area contributed by atoms with Crippen LogP contribution in [0.5, 0.6) is 0 Å². The van der Waals surface area contributed by atoms with Crippen molar-refractivity contribution in [1.82, 2.24) is 0 Å². The van der Waals surface area contributed by atoms with Gasteiger partial charge in [0.1, 0.15) is 12.4 Å². The van der Waals surface area contributed by atoms with Crippen molar-refractivity contribution in [3.8, 4) is 0 Å². The summed E-state index contributed by atoms with van der Waals surface area (Å²) >= 11 is 0. The van der Waals surface area contributed by atoms with Gasteiger partial charge in [-0.25, -0.2) is 12.8 Å². The molecule has 8 heteroatoms. The number of anilines is 2. The molecule has 0 radical (unpaired) electrons. The number of halogens is 1. The Balaban J connectivity index is 1.94. The second kappa shape index (κ2) is 8.87. The van der Waals surface area contributed by atoms with E-state index in [-0.39, 0.29) is 16.4 Å². The van der Waals surface area contributed by atoms with E-state index in [2.05, 4.69) is 5.32 Å². The number of hydrogen-bond donors (Lipinski definition) is 1. The molecular formula is C22H19FN2O4S. The van der Waals surface area contributed by atoms with Gasteiger partial charge in [0.15, 0.2) is 5.78 Å². The van der Waals surface area contributed by atoms with Crippen LogP contribution in [0.3, 0.4) is 0 Å². The van der Waals surface area contributed by atoms with Crippen LogP contribution in [0.15, 0.2) is 83.8 Å². The second-order valence-corrected chi connectivity index (χ2v) is 8.32. The van der Waals surface area contributed by atoms with Crippen LogP contribution in [0.1, 0.15) is 17.3 Å². The van der Waals surface area contributed by atoms with Crippen LogP contribution in [0.2, 0.25) is 0 Å². The number of hydrogen-bond acceptors (Lipinski definition) is 4. The molecule has 0 fully saturated rings. The van der Waals surface area contributed by atoms with E-state index < -0.39 is 28.3 Å². The maximum atomic E-state index is 14.4. The summed E-state index contributed by atoms with van der Waals surface area (Å²) in [4.78, 5) is 24.1. The fourth-order valence-corrected chi connectivity index (χ4v) is 4.27. The van der Waals surface area contributed by atoms with Gasteiger partial charge in [-0.3, -0.25) is 13.9 Å². The van der Waals surface area contributed by atoms with Gasteiger partial charge in [0.2, 0.25) is 5.91 Å². The van der Waals surface area contributed by atoms with Gasteiger partial charge in [-0.1, -0.05) is 42.5 Å². The van der Waals surface area contributed by atoms with Gasteiger partial charge in [0.05, 0.1) is 10.6 Å². The zero-order chi connectivity index (χ0) is 21.7. The number of benzene rings is 3. The number of nitrogens with zero attached hydrogens (tertiary/aromatic N) is 1.